The van der Waals surface area contributed by atoms with Gasteiger partial charge in [-0.05, 0) is 20.3 Å². The lowest BCUT2D eigenvalue weighted by Crippen LogP contribution is -2.53. The highest BCUT2D eigenvalue weighted by atomic mass is 32.2. The van der Waals surface area contributed by atoms with Crippen molar-refractivity contribution in [3.05, 3.63) is 0 Å². The average molecular weight is 248 g/mol. The number of halogens is 3. The van der Waals surface area contributed by atoms with Crippen molar-refractivity contribution in [1.29, 1.82) is 0 Å². The van der Waals surface area contributed by atoms with Gasteiger partial charge in [-0.2, -0.15) is 25.9 Å². The quantitative estimate of drug-likeness (QED) is 0.813. The van der Waals surface area contributed by atoms with E-state index in [1.807, 2.05) is 0 Å². The second kappa shape index (κ2) is 4.67. The summed E-state index contributed by atoms with van der Waals surface area (Å²) in [6.45, 7) is 3.95. The van der Waals surface area contributed by atoms with Crippen molar-refractivity contribution < 1.29 is 21.6 Å². The highest BCUT2D eigenvalue weighted by Crippen LogP contribution is 2.29. The van der Waals surface area contributed by atoms with Crippen LogP contribution in [0.15, 0.2) is 0 Å². The summed E-state index contributed by atoms with van der Waals surface area (Å²) in [5.74, 6) is 0. The van der Waals surface area contributed by atoms with Gasteiger partial charge in [-0.15, -0.1) is 0 Å². The second-order valence-corrected chi connectivity index (χ2v) is 4.89. The van der Waals surface area contributed by atoms with Gasteiger partial charge in [0, 0.05) is 6.04 Å². The van der Waals surface area contributed by atoms with E-state index in [4.69, 9.17) is 5.14 Å². The van der Waals surface area contributed by atoms with E-state index in [9.17, 15) is 21.6 Å². The molecule has 0 amide bonds. The largest absolute Gasteiger partial charge is 0.405 e. The van der Waals surface area contributed by atoms with Crippen LogP contribution in [-0.2, 0) is 10.2 Å². The monoisotopic (exact) mass is 248 g/mol. The van der Waals surface area contributed by atoms with Crippen molar-refractivity contribution in [3.8, 4) is 0 Å². The highest BCUT2D eigenvalue weighted by Gasteiger charge is 2.46. The molecular weight excluding hydrogens is 233 g/mol. The van der Waals surface area contributed by atoms with Gasteiger partial charge in [-0.25, -0.2) is 5.14 Å². The van der Waals surface area contributed by atoms with Crippen molar-refractivity contribution in [2.24, 2.45) is 5.14 Å². The molecule has 0 heterocycles. The van der Waals surface area contributed by atoms with Crippen LogP contribution in [-0.4, -0.2) is 31.0 Å². The van der Waals surface area contributed by atoms with Gasteiger partial charge in [0.05, 0.1) is 0 Å². The van der Waals surface area contributed by atoms with Crippen LogP contribution < -0.4 is 5.14 Å². The van der Waals surface area contributed by atoms with Gasteiger partial charge in [0.1, 0.15) is 6.04 Å². The summed E-state index contributed by atoms with van der Waals surface area (Å²) in [6.07, 6.45) is -4.97. The molecule has 0 rings (SSSR count). The van der Waals surface area contributed by atoms with E-state index in [0.717, 1.165) is 0 Å². The van der Waals surface area contributed by atoms with Crippen molar-refractivity contribution in [2.45, 2.75) is 45.5 Å². The molecule has 4 nitrogen and oxygen atoms in total. The van der Waals surface area contributed by atoms with Crippen molar-refractivity contribution in [1.82, 2.24) is 4.31 Å². The lowest BCUT2D eigenvalue weighted by Gasteiger charge is -2.32. The Morgan fingerprint density at radius 3 is 1.80 bits per heavy atom. The number of hydrogen-bond acceptors (Lipinski definition) is 2. The Morgan fingerprint density at radius 1 is 1.33 bits per heavy atom. The summed E-state index contributed by atoms with van der Waals surface area (Å²) >= 11 is 0. The topological polar surface area (TPSA) is 63.4 Å². The zero-order valence-electron chi connectivity index (χ0n) is 8.75. The minimum absolute atomic E-state index is 0.285. The molecule has 0 aromatic heterocycles. The maximum absolute atomic E-state index is 12.5. The van der Waals surface area contributed by atoms with Gasteiger partial charge in [0.2, 0.25) is 0 Å². The Bertz CT molecular complexity index is 300. The Morgan fingerprint density at radius 2 is 1.73 bits per heavy atom. The second-order valence-electron chi connectivity index (χ2n) is 3.43. The summed E-state index contributed by atoms with van der Waals surface area (Å²) in [5.41, 5.74) is 0. The van der Waals surface area contributed by atoms with E-state index >= 15 is 0 Å². The molecule has 0 aromatic rings. The van der Waals surface area contributed by atoms with Crippen LogP contribution in [0.2, 0.25) is 0 Å². The number of alkyl halides is 3. The normalized spacial score (nSPS) is 16.1. The number of nitrogens with two attached hydrogens (primary N) is 1. The third kappa shape index (κ3) is 3.96. The van der Waals surface area contributed by atoms with Crippen LogP contribution >= 0.6 is 0 Å². The molecule has 15 heavy (non-hydrogen) atoms. The standard InChI is InChI=1S/C7H15F3N2O2S/c1-4-6(7(8,9)10)12(5(2)3)15(11,13)14/h5-6H,4H2,1-3H3,(H2,11,13,14). The molecule has 0 aromatic carbocycles. The Kier molecular flexibility index (Phi) is 4.56. The van der Waals surface area contributed by atoms with Crippen LogP contribution in [0.5, 0.6) is 0 Å². The summed E-state index contributed by atoms with van der Waals surface area (Å²) in [6, 6.07) is -2.89. The molecule has 8 heteroatoms. The molecule has 0 aliphatic heterocycles. The smallest absolute Gasteiger partial charge is 0.216 e. The molecule has 0 aliphatic rings. The maximum atomic E-state index is 12.5. The fourth-order valence-electron chi connectivity index (χ4n) is 1.39. The first kappa shape index (κ1) is 14.7. The van der Waals surface area contributed by atoms with E-state index < -0.39 is 28.5 Å². The Labute approximate surface area is 87.4 Å². The van der Waals surface area contributed by atoms with Crippen molar-refractivity contribution in [3.63, 3.8) is 0 Å². The molecule has 92 valence electrons. The number of hydrogen-bond donors (Lipinski definition) is 1. The average Bonchev–Trinajstić information content (AvgIpc) is 1.93. The summed E-state index contributed by atoms with van der Waals surface area (Å²) in [5, 5.41) is 4.75. The van der Waals surface area contributed by atoms with Gasteiger partial charge in [0.25, 0.3) is 10.2 Å². The Hall–Kier alpha value is -0.340. The van der Waals surface area contributed by atoms with E-state index in [1.165, 1.54) is 20.8 Å². The minimum atomic E-state index is -4.61. The van der Waals surface area contributed by atoms with Crippen molar-refractivity contribution in [2.75, 3.05) is 0 Å². The lowest BCUT2D eigenvalue weighted by atomic mass is 10.2. The molecule has 0 fully saturated rings. The summed E-state index contributed by atoms with van der Waals surface area (Å²) in [4.78, 5) is 0. The van der Waals surface area contributed by atoms with Gasteiger partial charge < -0.3 is 0 Å². The van der Waals surface area contributed by atoms with Gasteiger partial charge in [-0.3, -0.25) is 0 Å². The molecule has 0 radical (unpaired) electrons. The van der Waals surface area contributed by atoms with Crippen molar-refractivity contribution >= 4 is 10.2 Å². The fourth-order valence-corrected chi connectivity index (χ4v) is 2.60. The predicted octanol–water partition coefficient (Wildman–Crippen LogP) is 1.24. The van der Waals surface area contributed by atoms with Crippen LogP contribution in [0.3, 0.4) is 0 Å². The van der Waals surface area contributed by atoms with E-state index in [2.05, 4.69) is 0 Å². The highest BCUT2D eigenvalue weighted by molar-refractivity contribution is 7.86. The SMILES string of the molecule is CCC(N(C(C)C)S(N)(=O)=O)C(F)(F)F. The fraction of sp³-hybridized carbons (Fsp3) is 1.00. The zero-order valence-corrected chi connectivity index (χ0v) is 9.56. The number of rotatable bonds is 4. The van der Waals surface area contributed by atoms with Crippen LogP contribution in [0.1, 0.15) is 27.2 Å². The minimum Gasteiger partial charge on any atom is -0.216 e. The molecule has 0 saturated carbocycles. The first-order valence-electron chi connectivity index (χ1n) is 4.39. The van der Waals surface area contributed by atoms with E-state index in [0.29, 0.717) is 0 Å². The third-order valence-electron chi connectivity index (χ3n) is 1.87. The van der Waals surface area contributed by atoms with E-state index in [1.54, 1.807) is 0 Å². The first-order chi connectivity index (χ1) is 6.51. The maximum Gasteiger partial charge on any atom is 0.405 e. The van der Waals surface area contributed by atoms with E-state index in [-0.39, 0.29) is 10.7 Å². The van der Waals surface area contributed by atoms with Gasteiger partial charge >= 0.3 is 6.18 Å². The molecule has 1 atom stereocenters. The molecule has 0 saturated heterocycles. The summed E-state index contributed by atoms with van der Waals surface area (Å²) in [7, 11) is -4.35. The number of nitrogens with zero attached hydrogens (tertiary/aromatic N) is 1. The molecule has 0 spiro atoms. The Balaban J connectivity index is 5.25. The lowest BCUT2D eigenvalue weighted by molar-refractivity contribution is -0.174. The zero-order chi connectivity index (χ0) is 12.4. The molecule has 0 aliphatic carbocycles. The molecule has 1 unspecified atom stereocenters. The van der Waals surface area contributed by atoms with Crippen LogP contribution in [0.25, 0.3) is 0 Å². The van der Waals surface area contributed by atoms with Crippen LogP contribution in [0.4, 0.5) is 13.2 Å². The third-order valence-corrected chi connectivity index (χ3v) is 3.14. The van der Waals surface area contributed by atoms with Gasteiger partial charge in [-0.1, -0.05) is 6.92 Å². The molecular formula is C7H15F3N2O2S. The van der Waals surface area contributed by atoms with Crippen LogP contribution in [0, 0.1) is 0 Å². The summed E-state index contributed by atoms with van der Waals surface area (Å²) < 4.78 is 59.8. The molecule has 0 bridgehead atoms. The van der Waals surface area contributed by atoms with Gasteiger partial charge in [0.15, 0.2) is 0 Å². The first-order valence-corrected chi connectivity index (χ1v) is 5.90. The molecule has 2 N–H and O–H groups in total. The predicted molar refractivity (Wildman–Crippen MR) is 50.2 cm³/mol.